The Balaban J connectivity index is 1.98. The fourth-order valence-electron chi connectivity index (χ4n) is 2.42. The van der Waals surface area contributed by atoms with Crippen LogP contribution in [0.1, 0.15) is 13.8 Å². The van der Waals surface area contributed by atoms with Crippen molar-refractivity contribution >= 4 is 33.7 Å². The number of thioether (sulfide) groups is 1. The van der Waals surface area contributed by atoms with Crippen molar-refractivity contribution in [1.82, 2.24) is 24.8 Å². The van der Waals surface area contributed by atoms with Crippen LogP contribution in [0.3, 0.4) is 0 Å². The summed E-state index contributed by atoms with van der Waals surface area (Å²) in [6, 6.07) is 2.53. The first-order valence-electron chi connectivity index (χ1n) is 8.64. The number of amides is 3. The first-order chi connectivity index (χ1) is 12.7. The van der Waals surface area contributed by atoms with Gasteiger partial charge in [0.25, 0.3) is 0 Å². The van der Waals surface area contributed by atoms with Crippen molar-refractivity contribution in [3.05, 3.63) is 18.3 Å². The van der Waals surface area contributed by atoms with Gasteiger partial charge >= 0.3 is 6.03 Å². The number of nitrogens with zero attached hydrogens (tertiary/aromatic N) is 3. The Morgan fingerprint density at radius 1 is 1.26 bits per heavy atom. The second-order valence-corrected chi connectivity index (χ2v) is 9.45. The van der Waals surface area contributed by atoms with Gasteiger partial charge in [-0.05, 0) is 33.0 Å². The summed E-state index contributed by atoms with van der Waals surface area (Å²) in [5, 5.41) is 4.67. The lowest BCUT2D eigenvalue weighted by atomic mass is 10.4. The Kier molecular flexibility index (Phi) is 7.59. The van der Waals surface area contributed by atoms with E-state index in [1.54, 1.807) is 19.9 Å². The lowest BCUT2D eigenvalue weighted by Crippen LogP contribution is -2.47. The van der Waals surface area contributed by atoms with Gasteiger partial charge in [-0.15, -0.1) is 0 Å². The van der Waals surface area contributed by atoms with Gasteiger partial charge < -0.3 is 10.2 Å². The predicted molar refractivity (Wildman–Crippen MR) is 103 cm³/mol. The number of sulfonamides is 1. The molecule has 0 aromatic carbocycles. The average molecular weight is 416 g/mol. The second-order valence-electron chi connectivity index (χ2n) is 6.15. The van der Waals surface area contributed by atoms with E-state index in [4.69, 9.17) is 0 Å². The second kappa shape index (κ2) is 9.49. The molecule has 1 aliphatic rings. The van der Waals surface area contributed by atoms with Crippen LogP contribution in [0.2, 0.25) is 0 Å². The molecule has 0 saturated carbocycles. The molecule has 27 heavy (non-hydrogen) atoms. The van der Waals surface area contributed by atoms with Crippen molar-refractivity contribution in [1.29, 1.82) is 0 Å². The molecule has 0 aliphatic carbocycles. The van der Waals surface area contributed by atoms with Crippen molar-refractivity contribution in [2.24, 2.45) is 0 Å². The molecule has 1 unspecified atom stereocenters. The number of rotatable bonds is 6. The van der Waals surface area contributed by atoms with Gasteiger partial charge in [0.1, 0.15) is 4.90 Å². The zero-order valence-corrected chi connectivity index (χ0v) is 17.3. The molecule has 1 aromatic rings. The van der Waals surface area contributed by atoms with Crippen molar-refractivity contribution in [2.75, 3.05) is 39.8 Å². The highest BCUT2D eigenvalue weighted by molar-refractivity contribution is 8.00. The van der Waals surface area contributed by atoms with E-state index in [1.165, 1.54) is 16.6 Å². The van der Waals surface area contributed by atoms with E-state index in [-0.39, 0.29) is 4.90 Å². The third-order valence-electron chi connectivity index (χ3n) is 4.05. The largest absolute Gasteiger partial charge is 0.338 e. The van der Waals surface area contributed by atoms with Crippen molar-refractivity contribution in [3.63, 3.8) is 0 Å². The van der Waals surface area contributed by atoms with Crippen LogP contribution < -0.4 is 10.6 Å². The molecule has 9 nitrogen and oxygen atoms in total. The van der Waals surface area contributed by atoms with E-state index in [0.29, 0.717) is 37.7 Å². The quantitative estimate of drug-likeness (QED) is 0.645. The maximum atomic E-state index is 12.7. The molecule has 2 heterocycles. The number of carbonyl (C=O) groups is 2. The SMILES string of the molecule is CCNC(=O)NC(=O)C(C)Sc1ccc(S(=O)(=O)N2CCN(C)CC2)cn1. The van der Waals surface area contributed by atoms with Crippen LogP contribution in [-0.2, 0) is 14.8 Å². The molecule has 1 aromatic heterocycles. The fourth-order valence-corrected chi connectivity index (χ4v) is 4.58. The first kappa shape index (κ1) is 21.6. The van der Waals surface area contributed by atoms with Crippen LogP contribution in [-0.4, -0.2) is 79.6 Å². The van der Waals surface area contributed by atoms with Gasteiger partial charge in [0.05, 0.1) is 10.3 Å². The number of urea groups is 1. The Hall–Kier alpha value is -1.69. The number of likely N-dealkylation sites (N-methyl/N-ethyl adjacent to an activating group) is 1. The molecule has 1 saturated heterocycles. The molecule has 2 rings (SSSR count). The van der Waals surface area contributed by atoms with Crippen LogP contribution in [0.15, 0.2) is 28.3 Å². The molecule has 150 valence electrons. The lowest BCUT2D eigenvalue weighted by Gasteiger charge is -2.31. The van der Waals surface area contributed by atoms with E-state index in [1.807, 2.05) is 7.05 Å². The standard InChI is InChI=1S/C16H25N5O4S2/c1-4-17-16(23)19-15(22)12(2)26-14-6-5-13(11-18-14)27(24,25)21-9-7-20(3)8-10-21/h5-6,11-12H,4,7-10H2,1-3H3,(H2,17,19,22,23). The molecule has 0 spiro atoms. The number of pyridine rings is 1. The van der Waals surface area contributed by atoms with Gasteiger partial charge in [-0.25, -0.2) is 18.2 Å². The smallest absolute Gasteiger partial charge is 0.321 e. The molecule has 0 bridgehead atoms. The van der Waals surface area contributed by atoms with Crippen LogP contribution in [0.5, 0.6) is 0 Å². The molecule has 1 atom stereocenters. The van der Waals surface area contributed by atoms with Crippen LogP contribution >= 0.6 is 11.8 Å². The normalized spacial score (nSPS) is 17.3. The number of aromatic nitrogens is 1. The number of imide groups is 1. The number of piperazine rings is 1. The number of hydrogen-bond acceptors (Lipinski definition) is 7. The van der Waals surface area contributed by atoms with Gasteiger partial charge in [0.2, 0.25) is 15.9 Å². The summed E-state index contributed by atoms with van der Waals surface area (Å²) in [5.74, 6) is -0.443. The molecule has 1 aliphatic heterocycles. The molecular weight excluding hydrogens is 390 g/mol. The third kappa shape index (κ3) is 5.89. The minimum Gasteiger partial charge on any atom is -0.338 e. The van der Waals surface area contributed by atoms with Crippen LogP contribution in [0.4, 0.5) is 4.79 Å². The van der Waals surface area contributed by atoms with Gasteiger partial charge in [-0.3, -0.25) is 10.1 Å². The Labute approximate surface area is 163 Å². The summed E-state index contributed by atoms with van der Waals surface area (Å²) in [6.45, 7) is 6.11. The fraction of sp³-hybridized carbons (Fsp3) is 0.562. The van der Waals surface area contributed by atoms with E-state index in [0.717, 1.165) is 11.8 Å². The molecule has 1 fully saturated rings. The van der Waals surface area contributed by atoms with Gasteiger partial charge in [0, 0.05) is 38.9 Å². The lowest BCUT2D eigenvalue weighted by molar-refractivity contribution is -0.119. The molecule has 0 radical (unpaired) electrons. The predicted octanol–water partition coefficient (Wildman–Crippen LogP) is 0.344. The summed E-state index contributed by atoms with van der Waals surface area (Å²) in [5.41, 5.74) is 0. The summed E-state index contributed by atoms with van der Waals surface area (Å²) in [7, 11) is -1.61. The Morgan fingerprint density at radius 3 is 2.48 bits per heavy atom. The van der Waals surface area contributed by atoms with Crippen molar-refractivity contribution in [3.8, 4) is 0 Å². The maximum absolute atomic E-state index is 12.7. The maximum Gasteiger partial charge on any atom is 0.321 e. The summed E-state index contributed by atoms with van der Waals surface area (Å²) in [6.07, 6.45) is 1.31. The van der Waals surface area contributed by atoms with Gasteiger partial charge in [-0.2, -0.15) is 4.31 Å². The molecule has 2 N–H and O–H groups in total. The summed E-state index contributed by atoms with van der Waals surface area (Å²) in [4.78, 5) is 29.7. The first-order valence-corrected chi connectivity index (χ1v) is 11.0. The Bertz CT molecular complexity index is 762. The van der Waals surface area contributed by atoms with Gasteiger partial charge in [-0.1, -0.05) is 11.8 Å². The minimum absolute atomic E-state index is 0.135. The molecule has 3 amide bonds. The zero-order chi connectivity index (χ0) is 20.0. The van der Waals surface area contributed by atoms with Crippen molar-refractivity contribution in [2.45, 2.75) is 29.0 Å². The van der Waals surface area contributed by atoms with E-state index in [2.05, 4.69) is 20.5 Å². The Morgan fingerprint density at radius 2 is 1.93 bits per heavy atom. The number of carbonyl (C=O) groups excluding carboxylic acids is 2. The monoisotopic (exact) mass is 415 g/mol. The topological polar surface area (TPSA) is 112 Å². The van der Waals surface area contributed by atoms with Crippen LogP contribution in [0.25, 0.3) is 0 Å². The summed E-state index contributed by atoms with van der Waals surface area (Å²) < 4.78 is 26.8. The average Bonchev–Trinajstić information content (AvgIpc) is 2.62. The number of hydrogen-bond donors (Lipinski definition) is 2. The number of nitrogens with one attached hydrogen (secondary N) is 2. The minimum atomic E-state index is -3.57. The van der Waals surface area contributed by atoms with E-state index < -0.39 is 27.2 Å². The molecular formula is C16H25N5O4S2. The highest BCUT2D eigenvalue weighted by atomic mass is 32.2. The van der Waals surface area contributed by atoms with E-state index in [9.17, 15) is 18.0 Å². The van der Waals surface area contributed by atoms with Crippen LogP contribution in [0, 0.1) is 0 Å². The zero-order valence-electron chi connectivity index (χ0n) is 15.6. The molecule has 11 heteroatoms. The highest BCUT2D eigenvalue weighted by Gasteiger charge is 2.28. The highest BCUT2D eigenvalue weighted by Crippen LogP contribution is 2.23. The van der Waals surface area contributed by atoms with Crippen molar-refractivity contribution < 1.29 is 18.0 Å². The summed E-state index contributed by atoms with van der Waals surface area (Å²) >= 11 is 1.15. The van der Waals surface area contributed by atoms with E-state index >= 15 is 0 Å². The third-order valence-corrected chi connectivity index (χ3v) is 6.98. The van der Waals surface area contributed by atoms with Gasteiger partial charge in [0.15, 0.2) is 0 Å².